The molecule has 6 nitrogen and oxygen atoms in total. The average Bonchev–Trinajstić information content (AvgIpc) is 3.24. The number of rotatable bonds is 6. The lowest BCUT2D eigenvalue weighted by atomic mass is 9.84. The van der Waals surface area contributed by atoms with Gasteiger partial charge in [0, 0.05) is 37.4 Å². The number of carbonyl (C=O) groups excluding carboxylic acids is 1. The molecule has 2 fully saturated rings. The molecule has 1 unspecified atom stereocenters. The summed E-state index contributed by atoms with van der Waals surface area (Å²) in [5.41, 5.74) is 0.617. The van der Waals surface area contributed by atoms with E-state index in [4.69, 9.17) is 4.74 Å². The predicted molar refractivity (Wildman–Crippen MR) is 94.7 cm³/mol. The molecule has 0 spiro atoms. The standard InChI is InChI=1S/C17H27N3O3.ClH/c21-10-5-17(6-11-23-13-17)12-19-16(22)15-2-1-9-20(15)14-3-7-18-8-4-14;/h1-2,9,14,18,21H,3-8,10-13H2,(H,19,22);1H. The van der Waals surface area contributed by atoms with Gasteiger partial charge in [0.05, 0.1) is 6.61 Å². The predicted octanol–water partition coefficient (Wildman–Crippen LogP) is 1.35. The van der Waals surface area contributed by atoms with Crippen LogP contribution >= 0.6 is 12.4 Å². The maximum atomic E-state index is 12.6. The van der Waals surface area contributed by atoms with Gasteiger partial charge < -0.3 is 25.0 Å². The number of nitrogens with zero attached hydrogens (tertiary/aromatic N) is 1. The van der Waals surface area contributed by atoms with Crippen molar-refractivity contribution in [1.29, 1.82) is 0 Å². The SMILES string of the molecule is Cl.O=C(NCC1(CCO)CCOC1)c1cccn1C1CCNCC1. The molecule has 3 rings (SSSR count). The molecule has 2 aliphatic heterocycles. The molecule has 0 saturated carbocycles. The minimum atomic E-state index is -0.114. The fraction of sp³-hybridized carbons (Fsp3) is 0.706. The van der Waals surface area contributed by atoms with E-state index in [1.165, 1.54) is 0 Å². The molecule has 2 aliphatic rings. The first-order chi connectivity index (χ1) is 11.2. The zero-order valence-corrected chi connectivity index (χ0v) is 14.8. The van der Waals surface area contributed by atoms with Crippen LogP contribution in [0.5, 0.6) is 0 Å². The maximum Gasteiger partial charge on any atom is 0.267 e. The zero-order chi connectivity index (χ0) is 16.1. The lowest BCUT2D eigenvalue weighted by Crippen LogP contribution is -2.40. The van der Waals surface area contributed by atoms with E-state index in [1.54, 1.807) is 0 Å². The van der Waals surface area contributed by atoms with Crippen LogP contribution in [0.3, 0.4) is 0 Å². The Balaban J connectivity index is 0.00000208. The lowest BCUT2D eigenvalue weighted by molar-refractivity contribution is 0.0877. The minimum absolute atomic E-state index is 0. The topological polar surface area (TPSA) is 75.5 Å². The van der Waals surface area contributed by atoms with Gasteiger partial charge in [0.15, 0.2) is 0 Å². The van der Waals surface area contributed by atoms with Crippen LogP contribution in [0, 0.1) is 5.41 Å². The monoisotopic (exact) mass is 357 g/mol. The van der Waals surface area contributed by atoms with Gasteiger partial charge in [-0.1, -0.05) is 0 Å². The summed E-state index contributed by atoms with van der Waals surface area (Å²) in [7, 11) is 0. The molecule has 24 heavy (non-hydrogen) atoms. The lowest BCUT2D eigenvalue weighted by Gasteiger charge is -2.28. The van der Waals surface area contributed by atoms with E-state index in [1.807, 2.05) is 18.3 Å². The van der Waals surface area contributed by atoms with Crippen molar-refractivity contribution < 1.29 is 14.6 Å². The molecule has 0 aromatic carbocycles. The van der Waals surface area contributed by atoms with Crippen LogP contribution in [-0.4, -0.2) is 55.0 Å². The first kappa shape index (κ1) is 19.2. The summed E-state index contributed by atoms with van der Waals surface area (Å²) in [5.74, 6) is -0.0299. The van der Waals surface area contributed by atoms with Gasteiger partial charge in [-0.25, -0.2) is 0 Å². The first-order valence-electron chi connectivity index (χ1n) is 8.58. The van der Waals surface area contributed by atoms with E-state index in [0.29, 0.717) is 32.2 Å². The molecule has 1 aromatic rings. The molecule has 0 aliphatic carbocycles. The molecule has 1 aromatic heterocycles. The van der Waals surface area contributed by atoms with Gasteiger partial charge in [-0.3, -0.25) is 4.79 Å². The summed E-state index contributed by atoms with van der Waals surface area (Å²) < 4.78 is 7.59. The zero-order valence-electron chi connectivity index (χ0n) is 14.0. The highest BCUT2D eigenvalue weighted by atomic mass is 35.5. The Morgan fingerprint density at radius 1 is 1.46 bits per heavy atom. The second kappa shape index (κ2) is 8.85. The Morgan fingerprint density at radius 3 is 2.92 bits per heavy atom. The highest BCUT2D eigenvalue weighted by Gasteiger charge is 2.35. The molecule has 7 heteroatoms. The van der Waals surface area contributed by atoms with Crippen LogP contribution in [0.1, 0.15) is 42.2 Å². The Labute approximate surface area is 149 Å². The molecule has 136 valence electrons. The molecule has 0 bridgehead atoms. The summed E-state index contributed by atoms with van der Waals surface area (Å²) in [6.07, 6.45) is 5.67. The molecular weight excluding hydrogens is 330 g/mol. The summed E-state index contributed by atoms with van der Waals surface area (Å²) in [6, 6.07) is 4.23. The van der Waals surface area contributed by atoms with Crippen molar-refractivity contribution in [2.75, 3.05) is 39.5 Å². The number of aliphatic hydroxyl groups is 1. The Morgan fingerprint density at radius 2 is 2.25 bits per heavy atom. The summed E-state index contributed by atoms with van der Waals surface area (Å²) in [4.78, 5) is 12.6. The Hall–Kier alpha value is -1.08. The van der Waals surface area contributed by atoms with Crippen molar-refractivity contribution in [3.05, 3.63) is 24.0 Å². The van der Waals surface area contributed by atoms with Crippen LogP contribution in [0.2, 0.25) is 0 Å². The van der Waals surface area contributed by atoms with Gasteiger partial charge in [0.1, 0.15) is 5.69 Å². The third-order valence-electron chi connectivity index (χ3n) is 5.16. The number of halogens is 1. The van der Waals surface area contributed by atoms with Gasteiger partial charge >= 0.3 is 0 Å². The van der Waals surface area contributed by atoms with Crippen LogP contribution < -0.4 is 10.6 Å². The van der Waals surface area contributed by atoms with E-state index < -0.39 is 0 Å². The van der Waals surface area contributed by atoms with Crippen LogP contribution in [0.15, 0.2) is 18.3 Å². The number of aromatic nitrogens is 1. The number of hydrogen-bond donors (Lipinski definition) is 3. The molecule has 1 amide bonds. The number of ether oxygens (including phenoxy) is 1. The van der Waals surface area contributed by atoms with Crippen molar-refractivity contribution in [3.8, 4) is 0 Å². The Bertz CT molecular complexity index is 523. The van der Waals surface area contributed by atoms with E-state index in [-0.39, 0.29) is 30.3 Å². The van der Waals surface area contributed by atoms with Crippen molar-refractivity contribution in [2.45, 2.75) is 31.7 Å². The van der Waals surface area contributed by atoms with Crippen molar-refractivity contribution in [3.63, 3.8) is 0 Å². The molecule has 3 heterocycles. The summed E-state index contributed by atoms with van der Waals surface area (Å²) in [6.45, 7) is 4.01. The van der Waals surface area contributed by atoms with Gasteiger partial charge in [-0.05, 0) is 50.9 Å². The van der Waals surface area contributed by atoms with E-state index in [0.717, 1.165) is 38.0 Å². The van der Waals surface area contributed by atoms with Gasteiger partial charge in [-0.15, -0.1) is 12.4 Å². The molecule has 2 saturated heterocycles. The highest BCUT2D eigenvalue weighted by Crippen LogP contribution is 2.31. The fourth-order valence-electron chi connectivity index (χ4n) is 3.66. The second-order valence-electron chi connectivity index (χ2n) is 6.74. The molecular formula is C17H28ClN3O3. The van der Waals surface area contributed by atoms with Crippen LogP contribution in [0.25, 0.3) is 0 Å². The summed E-state index contributed by atoms with van der Waals surface area (Å²) >= 11 is 0. The number of piperidine rings is 1. The van der Waals surface area contributed by atoms with Crippen LogP contribution in [0.4, 0.5) is 0 Å². The average molecular weight is 358 g/mol. The van der Waals surface area contributed by atoms with E-state index >= 15 is 0 Å². The number of aliphatic hydroxyl groups excluding tert-OH is 1. The summed E-state index contributed by atoms with van der Waals surface area (Å²) in [5, 5.41) is 15.7. The number of amides is 1. The van der Waals surface area contributed by atoms with Gasteiger partial charge in [0.2, 0.25) is 0 Å². The molecule has 1 atom stereocenters. The second-order valence-corrected chi connectivity index (χ2v) is 6.74. The van der Waals surface area contributed by atoms with Crippen molar-refractivity contribution >= 4 is 18.3 Å². The Kier molecular flexibility index (Phi) is 7.10. The number of nitrogens with one attached hydrogen (secondary N) is 2. The third kappa shape index (κ3) is 4.30. The quantitative estimate of drug-likeness (QED) is 0.718. The number of hydrogen-bond acceptors (Lipinski definition) is 4. The van der Waals surface area contributed by atoms with Gasteiger partial charge in [-0.2, -0.15) is 0 Å². The van der Waals surface area contributed by atoms with Crippen molar-refractivity contribution in [2.24, 2.45) is 5.41 Å². The number of carbonyl (C=O) groups is 1. The molecule has 0 radical (unpaired) electrons. The van der Waals surface area contributed by atoms with Crippen molar-refractivity contribution in [1.82, 2.24) is 15.2 Å². The first-order valence-corrected chi connectivity index (χ1v) is 8.58. The van der Waals surface area contributed by atoms with E-state index in [2.05, 4.69) is 15.2 Å². The fourth-order valence-corrected chi connectivity index (χ4v) is 3.66. The van der Waals surface area contributed by atoms with Crippen LogP contribution in [-0.2, 0) is 4.74 Å². The normalized spacial score (nSPS) is 24.5. The van der Waals surface area contributed by atoms with E-state index in [9.17, 15) is 9.90 Å². The molecule has 3 N–H and O–H groups in total. The largest absolute Gasteiger partial charge is 0.396 e. The smallest absolute Gasteiger partial charge is 0.267 e. The minimum Gasteiger partial charge on any atom is -0.396 e. The highest BCUT2D eigenvalue weighted by molar-refractivity contribution is 5.92. The maximum absolute atomic E-state index is 12.6. The third-order valence-corrected chi connectivity index (χ3v) is 5.16. The van der Waals surface area contributed by atoms with Gasteiger partial charge in [0.25, 0.3) is 5.91 Å².